The third-order valence-electron chi connectivity index (χ3n) is 5.42. The van der Waals surface area contributed by atoms with Gasteiger partial charge < -0.3 is 20.1 Å². The van der Waals surface area contributed by atoms with E-state index < -0.39 is 12.0 Å². The highest BCUT2D eigenvalue weighted by Crippen LogP contribution is 2.32. The highest BCUT2D eigenvalue weighted by Gasteiger charge is 2.30. The zero-order valence-corrected chi connectivity index (χ0v) is 18.6. The van der Waals surface area contributed by atoms with E-state index in [0.717, 1.165) is 19.3 Å². The normalized spacial score (nSPS) is 13.8. The van der Waals surface area contributed by atoms with Crippen molar-refractivity contribution >= 4 is 0 Å². The molecule has 0 heterocycles. The number of aromatic hydroxyl groups is 1. The van der Waals surface area contributed by atoms with E-state index in [1.807, 2.05) is 0 Å². The van der Waals surface area contributed by atoms with Gasteiger partial charge >= 0.3 is 0 Å². The van der Waals surface area contributed by atoms with E-state index in [9.17, 15) is 24.1 Å². The number of nitrogens with one attached hydrogen (secondary N) is 1. The van der Waals surface area contributed by atoms with Gasteiger partial charge in [-0.25, -0.2) is 8.78 Å². The van der Waals surface area contributed by atoms with Gasteiger partial charge in [-0.3, -0.25) is 5.32 Å². The van der Waals surface area contributed by atoms with Gasteiger partial charge in [-0.2, -0.15) is 0 Å². The second-order valence-corrected chi connectivity index (χ2v) is 8.00. The summed E-state index contributed by atoms with van der Waals surface area (Å²) in [6.45, 7) is 2.17. The fraction of sp³-hybridized carbons (Fsp3) is 0.520. The van der Waals surface area contributed by atoms with Crippen molar-refractivity contribution in [2.75, 3.05) is 13.2 Å². The van der Waals surface area contributed by atoms with Crippen molar-refractivity contribution in [1.82, 2.24) is 5.32 Å². The maximum Gasteiger partial charge on any atom is 0.273 e. The van der Waals surface area contributed by atoms with Gasteiger partial charge in [-0.05, 0) is 37.0 Å². The van der Waals surface area contributed by atoms with E-state index >= 15 is 0 Å². The van der Waals surface area contributed by atoms with Crippen molar-refractivity contribution in [3.63, 3.8) is 0 Å². The van der Waals surface area contributed by atoms with Gasteiger partial charge in [-0.1, -0.05) is 56.2 Å². The Morgan fingerprint density at radius 3 is 2.50 bits per heavy atom. The molecule has 0 spiro atoms. The lowest BCUT2D eigenvalue weighted by atomic mass is 10.0. The molecule has 4 N–H and O–H groups in total. The molecule has 7 heteroatoms. The summed E-state index contributed by atoms with van der Waals surface area (Å²) in [6, 6.07) is 12.4. The second kappa shape index (κ2) is 13.5. The van der Waals surface area contributed by atoms with E-state index in [-0.39, 0.29) is 50.1 Å². The van der Waals surface area contributed by atoms with E-state index in [2.05, 4.69) is 12.2 Å². The number of hydrogen-bond acceptors (Lipinski definition) is 5. The van der Waals surface area contributed by atoms with Gasteiger partial charge in [0.05, 0.1) is 12.7 Å². The number of alkyl halides is 2. The Hall–Kier alpha value is -2.06. The Balaban J connectivity index is 1.85. The summed E-state index contributed by atoms with van der Waals surface area (Å²) in [6.07, 6.45) is 2.44. The second-order valence-electron chi connectivity index (χ2n) is 8.00. The maximum absolute atomic E-state index is 14.3. The quantitative estimate of drug-likeness (QED) is 0.226. The van der Waals surface area contributed by atoms with Gasteiger partial charge in [0.25, 0.3) is 5.92 Å². The van der Waals surface area contributed by atoms with Crippen LogP contribution in [0.3, 0.4) is 0 Å². The minimum Gasteiger partial charge on any atom is -0.508 e. The molecule has 0 aromatic heterocycles. The minimum absolute atomic E-state index is 0.0110. The summed E-state index contributed by atoms with van der Waals surface area (Å²) < 4.78 is 34.5. The molecule has 2 aromatic rings. The molecule has 2 rings (SSSR count). The molecule has 0 saturated carbocycles. The molecular weight excluding hydrogens is 416 g/mol. The highest BCUT2D eigenvalue weighted by atomic mass is 19.3. The molecule has 0 aliphatic rings. The molecule has 0 amide bonds. The zero-order valence-electron chi connectivity index (χ0n) is 18.6. The Morgan fingerprint density at radius 2 is 1.81 bits per heavy atom. The fourth-order valence-electron chi connectivity index (χ4n) is 3.47. The Morgan fingerprint density at radius 1 is 1.06 bits per heavy atom. The van der Waals surface area contributed by atoms with Crippen molar-refractivity contribution in [2.45, 2.75) is 70.3 Å². The monoisotopic (exact) mass is 451 g/mol. The lowest BCUT2D eigenvalue weighted by Gasteiger charge is -2.23. The molecule has 0 aliphatic carbocycles. The van der Waals surface area contributed by atoms with Crippen LogP contribution in [0, 0.1) is 0 Å². The van der Waals surface area contributed by atoms with Crippen LogP contribution < -0.4 is 5.32 Å². The number of ether oxygens (including phenoxy) is 1. The molecule has 0 radical (unpaired) electrons. The Kier molecular flexibility index (Phi) is 11.0. The Labute approximate surface area is 189 Å². The minimum atomic E-state index is -2.89. The van der Waals surface area contributed by atoms with E-state index in [4.69, 9.17) is 4.74 Å². The van der Waals surface area contributed by atoms with Crippen LogP contribution in [0.5, 0.6) is 5.75 Å². The first-order chi connectivity index (χ1) is 15.4. The standard InChI is InChI=1S/C25H35F2NO4/c1-2-3-5-11-24(28-17-23(31)19-12-13-22(30)20(16-19)18-29)32-15-8-14-25(26,27)21-9-6-4-7-10-21/h4,6-7,9-10,12-13,16,23-24,28-31H,2-3,5,8,11,14-15,17-18H2,1H3. The van der Waals surface area contributed by atoms with Crippen molar-refractivity contribution in [3.8, 4) is 5.75 Å². The topological polar surface area (TPSA) is 82.0 Å². The zero-order chi connectivity index (χ0) is 23.4. The molecule has 0 bridgehead atoms. The van der Waals surface area contributed by atoms with Crippen LogP contribution in [0.4, 0.5) is 8.78 Å². The van der Waals surface area contributed by atoms with Gasteiger partial charge in [0, 0.05) is 30.7 Å². The number of hydrogen-bond donors (Lipinski definition) is 4. The van der Waals surface area contributed by atoms with Crippen LogP contribution in [-0.2, 0) is 17.3 Å². The molecule has 2 atom stereocenters. The number of unbranched alkanes of at least 4 members (excludes halogenated alkanes) is 2. The Bertz CT molecular complexity index is 789. The van der Waals surface area contributed by atoms with Crippen molar-refractivity contribution in [1.29, 1.82) is 0 Å². The van der Waals surface area contributed by atoms with E-state index in [0.29, 0.717) is 17.5 Å². The molecule has 32 heavy (non-hydrogen) atoms. The van der Waals surface area contributed by atoms with E-state index in [1.165, 1.54) is 18.2 Å². The number of aliphatic hydroxyl groups is 2. The number of aliphatic hydroxyl groups excluding tert-OH is 2. The predicted octanol–water partition coefficient (Wildman–Crippen LogP) is 5.00. The fourth-order valence-corrected chi connectivity index (χ4v) is 3.47. The molecule has 5 nitrogen and oxygen atoms in total. The third kappa shape index (κ3) is 8.47. The first-order valence-corrected chi connectivity index (χ1v) is 11.3. The SMILES string of the molecule is CCCCCC(NCC(O)c1ccc(O)c(CO)c1)OCCCC(F)(F)c1ccccc1. The van der Waals surface area contributed by atoms with Crippen LogP contribution in [0.25, 0.3) is 0 Å². The van der Waals surface area contributed by atoms with Crippen LogP contribution in [-0.4, -0.2) is 34.7 Å². The van der Waals surface area contributed by atoms with Crippen LogP contribution in [0.1, 0.15) is 68.2 Å². The summed E-state index contributed by atoms with van der Waals surface area (Å²) in [5.74, 6) is -2.92. The van der Waals surface area contributed by atoms with Crippen molar-refractivity contribution < 1.29 is 28.8 Å². The first-order valence-electron chi connectivity index (χ1n) is 11.3. The third-order valence-corrected chi connectivity index (χ3v) is 5.42. The molecular formula is C25H35F2NO4. The lowest BCUT2D eigenvalue weighted by Crippen LogP contribution is -2.35. The van der Waals surface area contributed by atoms with Crippen LogP contribution >= 0.6 is 0 Å². The molecule has 0 saturated heterocycles. The largest absolute Gasteiger partial charge is 0.508 e. The molecule has 178 valence electrons. The lowest BCUT2D eigenvalue weighted by molar-refractivity contribution is -0.0352. The van der Waals surface area contributed by atoms with Crippen molar-refractivity contribution in [3.05, 3.63) is 65.2 Å². The maximum atomic E-state index is 14.3. The van der Waals surface area contributed by atoms with Gasteiger partial charge in [0.15, 0.2) is 0 Å². The highest BCUT2D eigenvalue weighted by molar-refractivity contribution is 5.36. The summed E-state index contributed by atoms with van der Waals surface area (Å²) in [7, 11) is 0. The smallest absolute Gasteiger partial charge is 0.273 e. The average molecular weight is 452 g/mol. The number of rotatable bonds is 15. The summed E-state index contributed by atoms with van der Waals surface area (Å²) in [4.78, 5) is 0. The average Bonchev–Trinajstić information content (AvgIpc) is 2.80. The summed E-state index contributed by atoms with van der Waals surface area (Å²) >= 11 is 0. The number of benzene rings is 2. The van der Waals surface area contributed by atoms with Crippen molar-refractivity contribution in [2.24, 2.45) is 0 Å². The number of phenols is 1. The van der Waals surface area contributed by atoms with Crippen LogP contribution in [0.2, 0.25) is 0 Å². The predicted molar refractivity (Wildman–Crippen MR) is 120 cm³/mol. The first kappa shape index (κ1) is 26.2. The summed E-state index contributed by atoms with van der Waals surface area (Å²) in [5, 5.41) is 32.6. The number of halogens is 2. The van der Waals surface area contributed by atoms with Gasteiger partial charge in [-0.15, -0.1) is 0 Å². The molecule has 0 aliphatic heterocycles. The summed E-state index contributed by atoms with van der Waals surface area (Å²) in [5.41, 5.74) is 0.919. The molecule has 2 aromatic carbocycles. The van der Waals surface area contributed by atoms with Gasteiger partial charge in [0.2, 0.25) is 0 Å². The van der Waals surface area contributed by atoms with Crippen LogP contribution in [0.15, 0.2) is 48.5 Å². The molecule has 2 unspecified atom stereocenters. The molecule has 0 fully saturated rings. The van der Waals surface area contributed by atoms with Gasteiger partial charge in [0.1, 0.15) is 12.0 Å². The van der Waals surface area contributed by atoms with E-state index in [1.54, 1.807) is 30.3 Å².